The number of aryl methyl sites for hydroxylation is 1. The van der Waals surface area contributed by atoms with E-state index in [0.29, 0.717) is 17.9 Å². The van der Waals surface area contributed by atoms with Crippen LogP contribution in [0.1, 0.15) is 76.7 Å². The molecule has 0 heterocycles. The van der Waals surface area contributed by atoms with Crippen LogP contribution >= 0.6 is 0 Å². The number of alkyl halides is 2. The van der Waals surface area contributed by atoms with E-state index in [1.807, 2.05) is 0 Å². The topological polar surface area (TPSA) is 9.23 Å². The second kappa shape index (κ2) is 11.2. The second-order valence-electron chi connectivity index (χ2n) is 9.10. The number of hydrogen-bond donors (Lipinski definition) is 0. The molecule has 0 aliphatic heterocycles. The smallest absolute Gasteiger partial charge is 0.387 e. The van der Waals surface area contributed by atoms with Crippen molar-refractivity contribution in [1.82, 2.24) is 0 Å². The average molecular weight is 427 g/mol. The van der Waals surface area contributed by atoms with E-state index in [1.165, 1.54) is 51.4 Å². The molecule has 1 aromatic rings. The Bertz CT molecular complexity index is 663. The zero-order chi connectivity index (χ0) is 21.5. The molecule has 5 heteroatoms. The first-order chi connectivity index (χ1) is 14.5. The number of allylic oxidation sites excluding steroid dienone is 2. The molecule has 0 amide bonds. The summed E-state index contributed by atoms with van der Waals surface area (Å²) in [4.78, 5) is 0. The van der Waals surface area contributed by atoms with E-state index < -0.39 is 24.0 Å². The van der Waals surface area contributed by atoms with Gasteiger partial charge in [0.2, 0.25) is 0 Å². The van der Waals surface area contributed by atoms with Crippen molar-refractivity contribution in [2.75, 3.05) is 0 Å². The molecular weight excluding hydrogens is 392 g/mol. The molecule has 0 spiro atoms. The lowest BCUT2D eigenvalue weighted by molar-refractivity contribution is -0.0546. The molecule has 2 saturated carbocycles. The average Bonchev–Trinajstić information content (AvgIpc) is 2.74. The molecule has 0 radical (unpaired) electrons. The van der Waals surface area contributed by atoms with Gasteiger partial charge in [-0.1, -0.05) is 31.9 Å². The van der Waals surface area contributed by atoms with Gasteiger partial charge in [-0.25, -0.2) is 8.78 Å². The molecule has 0 saturated heterocycles. The first-order valence-corrected chi connectivity index (χ1v) is 11.6. The van der Waals surface area contributed by atoms with Crippen molar-refractivity contribution in [2.45, 2.75) is 84.2 Å². The van der Waals surface area contributed by atoms with E-state index in [-0.39, 0.29) is 0 Å². The van der Waals surface area contributed by atoms with Crippen molar-refractivity contribution in [2.24, 2.45) is 23.7 Å². The molecule has 2 aliphatic rings. The molecule has 168 valence electrons. The summed E-state index contributed by atoms with van der Waals surface area (Å²) in [7, 11) is 0. The van der Waals surface area contributed by atoms with Gasteiger partial charge in [0.05, 0.1) is 0 Å². The van der Waals surface area contributed by atoms with Gasteiger partial charge in [-0.15, -0.1) is 0 Å². The Morgan fingerprint density at radius 1 is 0.933 bits per heavy atom. The van der Waals surface area contributed by atoms with Crippen molar-refractivity contribution >= 4 is 0 Å². The summed E-state index contributed by atoms with van der Waals surface area (Å²) in [5, 5.41) is 0. The van der Waals surface area contributed by atoms with E-state index in [2.05, 4.69) is 23.8 Å². The maximum atomic E-state index is 13.9. The van der Waals surface area contributed by atoms with Crippen LogP contribution in [-0.2, 0) is 6.42 Å². The molecule has 2 aliphatic carbocycles. The number of halogens is 4. The molecule has 2 fully saturated rings. The maximum absolute atomic E-state index is 13.9. The second-order valence-corrected chi connectivity index (χ2v) is 9.10. The number of rotatable bonds is 8. The lowest BCUT2D eigenvalue weighted by Gasteiger charge is -2.37. The predicted octanol–water partition coefficient (Wildman–Crippen LogP) is 8.08. The Morgan fingerprint density at radius 3 is 2.03 bits per heavy atom. The fourth-order valence-corrected chi connectivity index (χ4v) is 5.41. The highest BCUT2D eigenvalue weighted by Gasteiger charge is 2.30. The van der Waals surface area contributed by atoms with Crippen molar-refractivity contribution in [3.05, 3.63) is 41.5 Å². The molecule has 30 heavy (non-hydrogen) atoms. The van der Waals surface area contributed by atoms with Gasteiger partial charge in [0.1, 0.15) is 0 Å². The van der Waals surface area contributed by atoms with E-state index in [1.54, 1.807) is 0 Å². The lowest BCUT2D eigenvalue weighted by Crippen LogP contribution is -2.25. The van der Waals surface area contributed by atoms with Gasteiger partial charge in [0.15, 0.2) is 17.4 Å². The van der Waals surface area contributed by atoms with Crippen LogP contribution < -0.4 is 4.74 Å². The molecule has 3 rings (SSSR count). The Morgan fingerprint density at radius 2 is 1.50 bits per heavy atom. The number of benzene rings is 1. The molecule has 0 aromatic heterocycles. The molecule has 0 bridgehead atoms. The lowest BCUT2D eigenvalue weighted by atomic mass is 9.68. The summed E-state index contributed by atoms with van der Waals surface area (Å²) < 4.78 is 56.2. The maximum Gasteiger partial charge on any atom is 0.387 e. The third-order valence-electron chi connectivity index (χ3n) is 7.12. The highest BCUT2D eigenvalue weighted by atomic mass is 19.3. The Kier molecular flexibility index (Phi) is 8.64. The van der Waals surface area contributed by atoms with Crippen LogP contribution in [0.5, 0.6) is 5.75 Å². The fourth-order valence-electron chi connectivity index (χ4n) is 5.41. The van der Waals surface area contributed by atoms with Gasteiger partial charge in [0.25, 0.3) is 0 Å². The highest BCUT2D eigenvalue weighted by Crippen LogP contribution is 2.42. The van der Waals surface area contributed by atoms with Crippen LogP contribution in [0.25, 0.3) is 0 Å². The minimum Gasteiger partial charge on any atom is -0.429 e. The monoisotopic (exact) mass is 426 g/mol. The van der Waals surface area contributed by atoms with Crippen LogP contribution in [0.2, 0.25) is 0 Å². The van der Waals surface area contributed by atoms with E-state index in [0.717, 1.165) is 42.7 Å². The zero-order valence-corrected chi connectivity index (χ0v) is 17.9. The van der Waals surface area contributed by atoms with Gasteiger partial charge in [-0.2, -0.15) is 8.78 Å². The first kappa shape index (κ1) is 23.1. The quantitative estimate of drug-likeness (QED) is 0.302. The molecule has 1 nitrogen and oxygen atoms in total. The minimum atomic E-state index is -3.24. The normalized spacial score (nSPS) is 27.7. The summed E-state index contributed by atoms with van der Waals surface area (Å²) in [5.41, 5.74) is 0.507. The van der Waals surface area contributed by atoms with Crippen LogP contribution in [0.3, 0.4) is 0 Å². The molecule has 1 aromatic carbocycles. The van der Waals surface area contributed by atoms with Crippen LogP contribution in [0.15, 0.2) is 24.3 Å². The molecule has 0 atom stereocenters. The van der Waals surface area contributed by atoms with Crippen molar-refractivity contribution in [1.29, 1.82) is 0 Å². The Balaban J connectivity index is 1.42. The standard InChI is InChI=1S/C25H34F4O/c1-2-3-4-17-7-11-20(12-8-17)21-13-9-18(10-14-21)5-6-19-15-22(26)24(23(27)16-19)30-25(28)29/h3-4,15-18,20-21,25H,2,5-14H2,1H3/b4-3+. The van der Waals surface area contributed by atoms with Crippen LogP contribution in [0, 0.1) is 35.3 Å². The summed E-state index contributed by atoms with van der Waals surface area (Å²) in [6.07, 6.45) is 17.5. The van der Waals surface area contributed by atoms with Crippen LogP contribution in [-0.4, -0.2) is 6.61 Å². The minimum absolute atomic E-state index is 0.507. The largest absolute Gasteiger partial charge is 0.429 e. The predicted molar refractivity (Wildman–Crippen MR) is 112 cm³/mol. The number of ether oxygens (including phenoxy) is 1. The SMILES string of the molecule is CC/C=C/C1CCC(C2CCC(CCc3cc(F)c(OC(F)F)c(F)c3)CC2)CC1. The number of hydrogen-bond acceptors (Lipinski definition) is 1. The highest BCUT2D eigenvalue weighted by molar-refractivity contribution is 5.31. The van der Waals surface area contributed by atoms with E-state index >= 15 is 0 Å². The summed E-state index contributed by atoms with van der Waals surface area (Å²) in [6, 6.07) is 2.25. The zero-order valence-electron chi connectivity index (χ0n) is 17.9. The van der Waals surface area contributed by atoms with Crippen molar-refractivity contribution < 1.29 is 22.3 Å². The molecule has 0 N–H and O–H groups in total. The van der Waals surface area contributed by atoms with Crippen molar-refractivity contribution in [3.8, 4) is 5.75 Å². The Hall–Kier alpha value is -1.52. The summed E-state index contributed by atoms with van der Waals surface area (Å²) in [5.74, 6) is -0.0595. The Labute approximate surface area is 177 Å². The van der Waals surface area contributed by atoms with Gasteiger partial charge in [-0.05, 0) is 99.2 Å². The van der Waals surface area contributed by atoms with E-state index in [9.17, 15) is 17.6 Å². The van der Waals surface area contributed by atoms with Gasteiger partial charge in [0, 0.05) is 0 Å². The fraction of sp³-hybridized carbons (Fsp3) is 0.680. The molecular formula is C25H34F4O. The summed E-state index contributed by atoms with van der Waals surface area (Å²) in [6.45, 7) is -1.05. The molecule has 0 unspecified atom stereocenters. The van der Waals surface area contributed by atoms with E-state index in [4.69, 9.17) is 0 Å². The third-order valence-corrected chi connectivity index (χ3v) is 7.12. The van der Waals surface area contributed by atoms with Gasteiger partial charge < -0.3 is 4.74 Å². The summed E-state index contributed by atoms with van der Waals surface area (Å²) >= 11 is 0. The van der Waals surface area contributed by atoms with Gasteiger partial charge >= 0.3 is 6.61 Å². The first-order valence-electron chi connectivity index (χ1n) is 11.6. The van der Waals surface area contributed by atoms with Crippen LogP contribution in [0.4, 0.5) is 17.6 Å². The van der Waals surface area contributed by atoms with Crippen molar-refractivity contribution in [3.63, 3.8) is 0 Å². The third kappa shape index (κ3) is 6.49. The van der Waals surface area contributed by atoms with Gasteiger partial charge in [-0.3, -0.25) is 0 Å².